The first-order chi connectivity index (χ1) is 20.4. The summed E-state index contributed by atoms with van der Waals surface area (Å²) in [6.07, 6.45) is 0. The maximum atomic E-state index is 6.92. The van der Waals surface area contributed by atoms with E-state index in [0.717, 1.165) is 11.4 Å². The van der Waals surface area contributed by atoms with Gasteiger partial charge in [-0.1, -0.05) is 139 Å². The predicted molar refractivity (Wildman–Crippen MR) is 199 cm³/mol. The minimum atomic E-state index is -1.76. The summed E-state index contributed by atoms with van der Waals surface area (Å²) in [5, 5.41) is 9.98. The van der Waals surface area contributed by atoms with Crippen LogP contribution in [0.25, 0.3) is 0 Å². The lowest BCUT2D eigenvalue weighted by molar-refractivity contribution is 0.209. The molecular weight excluding hydrogens is 605 g/mol. The first-order valence-electron chi connectivity index (χ1n) is 16.0. The molecule has 2 aliphatic heterocycles. The van der Waals surface area contributed by atoms with Crippen LogP contribution in [0.1, 0.15) is 23.2 Å². The molecule has 0 spiro atoms. The van der Waals surface area contributed by atoms with Crippen molar-refractivity contribution in [3.63, 3.8) is 0 Å². The Bertz CT molecular complexity index is 1420. The fourth-order valence-corrected chi connectivity index (χ4v) is 17.3. The zero-order valence-electron chi connectivity index (χ0n) is 28.9. The van der Waals surface area contributed by atoms with Gasteiger partial charge < -0.3 is 9.68 Å². The summed E-state index contributed by atoms with van der Waals surface area (Å²) in [6, 6.07) is 30.9. The second kappa shape index (κ2) is 11.5. The summed E-state index contributed by atoms with van der Waals surface area (Å²) in [5.74, 6) is 0. The molecule has 0 aliphatic carbocycles. The average molecular weight is 657 g/mol. The van der Waals surface area contributed by atoms with Crippen molar-refractivity contribution in [1.82, 2.24) is 0 Å². The van der Waals surface area contributed by atoms with Gasteiger partial charge in [0.25, 0.3) is 0 Å². The summed E-state index contributed by atoms with van der Waals surface area (Å²) < 4.78 is 0. The van der Waals surface area contributed by atoms with Crippen molar-refractivity contribution >= 4 is 43.7 Å². The average Bonchev–Trinajstić information content (AvgIpc) is 3.55. The molecule has 3 aromatic rings. The molecule has 0 bridgehead atoms. The molecule has 0 N–H and O–H groups in total. The van der Waals surface area contributed by atoms with Crippen LogP contribution in [0.2, 0.25) is 78.6 Å². The van der Waals surface area contributed by atoms with Crippen molar-refractivity contribution in [2.75, 3.05) is 10.1 Å². The molecule has 0 fully saturated rings. The van der Waals surface area contributed by atoms with Gasteiger partial charge in [0.1, 0.15) is 39.0 Å². The van der Waals surface area contributed by atoms with Crippen molar-refractivity contribution < 1.29 is 9.68 Å². The third-order valence-electron chi connectivity index (χ3n) is 8.45. The van der Waals surface area contributed by atoms with Gasteiger partial charge in [0, 0.05) is 0 Å². The van der Waals surface area contributed by atoms with E-state index in [1.807, 2.05) is 0 Å². The second-order valence-electron chi connectivity index (χ2n) is 16.5. The van der Waals surface area contributed by atoms with Crippen LogP contribution in [-0.2, 0) is 9.68 Å². The third kappa shape index (κ3) is 6.31. The maximum Gasteiger partial charge on any atom is 0.126 e. The number of para-hydroxylation sites is 2. The molecule has 0 radical (unpaired) electrons. The summed E-state index contributed by atoms with van der Waals surface area (Å²) >= 11 is 0. The highest BCUT2D eigenvalue weighted by Gasteiger charge is 2.48. The Morgan fingerprint density at radius 1 is 0.409 bits per heavy atom. The molecule has 0 amide bonds. The zero-order valence-corrected chi connectivity index (χ0v) is 32.9. The van der Waals surface area contributed by atoms with E-state index in [2.05, 4.69) is 174 Å². The van der Waals surface area contributed by atoms with Gasteiger partial charge in [0.2, 0.25) is 0 Å². The minimum Gasteiger partial charge on any atom is -0.389 e. The molecule has 5 rings (SSSR count). The molecule has 8 heteroatoms. The highest BCUT2D eigenvalue weighted by Crippen LogP contribution is 2.50. The lowest BCUT2D eigenvalue weighted by Crippen LogP contribution is -2.35. The fraction of sp³-hybridized carbons (Fsp3) is 0.389. The molecule has 2 heterocycles. The Kier molecular flexibility index (Phi) is 8.54. The Balaban J connectivity index is 1.66. The highest BCUT2D eigenvalue weighted by atomic mass is 28.3. The van der Waals surface area contributed by atoms with Gasteiger partial charge in [-0.3, -0.25) is 0 Å². The lowest BCUT2D eigenvalue weighted by atomic mass is 10.00. The SMILES string of the molecule is C[Si](C)(C)C1=C([Si](C)(C)C)[C@@H](c2ccc([C@@H]3C([Si](C)(C)C)=C([Si](C)(C)C)ON3c3ccccc3)cc2)N(c2ccccc2)O1. The van der Waals surface area contributed by atoms with E-state index in [9.17, 15) is 0 Å². The van der Waals surface area contributed by atoms with Gasteiger partial charge in [-0.2, -0.15) is 10.1 Å². The van der Waals surface area contributed by atoms with Crippen molar-refractivity contribution in [1.29, 1.82) is 0 Å². The summed E-state index contributed by atoms with van der Waals surface area (Å²) in [6.45, 7) is 29.3. The van der Waals surface area contributed by atoms with Crippen LogP contribution in [0.4, 0.5) is 11.4 Å². The second-order valence-corrected chi connectivity index (χ2v) is 36.4. The van der Waals surface area contributed by atoms with Crippen molar-refractivity contribution in [2.24, 2.45) is 0 Å². The van der Waals surface area contributed by atoms with Crippen LogP contribution in [0.5, 0.6) is 0 Å². The van der Waals surface area contributed by atoms with Crippen molar-refractivity contribution in [3.05, 3.63) is 117 Å². The molecule has 44 heavy (non-hydrogen) atoms. The molecule has 4 nitrogen and oxygen atoms in total. The van der Waals surface area contributed by atoms with E-state index >= 15 is 0 Å². The van der Waals surface area contributed by atoms with E-state index in [4.69, 9.17) is 9.68 Å². The molecule has 2 atom stereocenters. The van der Waals surface area contributed by atoms with Gasteiger partial charge in [-0.15, -0.1) is 0 Å². The van der Waals surface area contributed by atoms with Gasteiger partial charge in [-0.05, 0) is 45.8 Å². The first kappa shape index (κ1) is 32.6. The third-order valence-corrected chi connectivity index (χ3v) is 16.6. The first-order valence-corrected chi connectivity index (χ1v) is 30.0. The topological polar surface area (TPSA) is 24.9 Å². The lowest BCUT2D eigenvalue weighted by Gasteiger charge is -2.32. The Hall–Kier alpha value is -2.79. The maximum absolute atomic E-state index is 6.92. The van der Waals surface area contributed by atoms with E-state index in [-0.39, 0.29) is 12.1 Å². The molecule has 2 aliphatic rings. The Morgan fingerprint density at radius 2 is 0.705 bits per heavy atom. The summed E-state index contributed by atoms with van der Waals surface area (Å²) in [4.78, 5) is 13.8. The van der Waals surface area contributed by atoms with E-state index in [1.165, 1.54) is 32.3 Å². The number of hydrogen-bond acceptors (Lipinski definition) is 4. The van der Waals surface area contributed by atoms with E-state index < -0.39 is 32.3 Å². The van der Waals surface area contributed by atoms with E-state index in [1.54, 1.807) is 0 Å². The monoisotopic (exact) mass is 656 g/mol. The van der Waals surface area contributed by atoms with Crippen LogP contribution in [0.15, 0.2) is 106 Å². The predicted octanol–water partition coefficient (Wildman–Crippen LogP) is 10.7. The number of hydroxylamine groups is 2. The van der Waals surface area contributed by atoms with E-state index in [0.29, 0.717) is 0 Å². The Labute approximate surface area is 270 Å². The quantitative estimate of drug-likeness (QED) is 0.225. The van der Waals surface area contributed by atoms with Crippen LogP contribution in [0.3, 0.4) is 0 Å². The van der Waals surface area contributed by atoms with Gasteiger partial charge >= 0.3 is 0 Å². The molecule has 234 valence electrons. The van der Waals surface area contributed by atoms with Crippen LogP contribution < -0.4 is 10.1 Å². The minimum absolute atomic E-state index is 0.0643. The zero-order chi connectivity index (χ0) is 32.2. The molecule has 0 aromatic heterocycles. The van der Waals surface area contributed by atoms with Gasteiger partial charge in [-0.25, -0.2) is 0 Å². The van der Waals surface area contributed by atoms with Gasteiger partial charge in [0.05, 0.1) is 27.5 Å². The van der Waals surface area contributed by atoms with Crippen molar-refractivity contribution in [2.45, 2.75) is 90.6 Å². The number of hydrogen-bond donors (Lipinski definition) is 0. The smallest absolute Gasteiger partial charge is 0.126 e. The highest BCUT2D eigenvalue weighted by molar-refractivity contribution is 6.90. The molecule has 0 unspecified atom stereocenters. The summed E-state index contributed by atoms with van der Waals surface area (Å²) in [5.41, 5.74) is 4.79. The molecular formula is C36H52N2O2Si4. The van der Waals surface area contributed by atoms with Crippen LogP contribution in [-0.4, -0.2) is 32.3 Å². The van der Waals surface area contributed by atoms with Gasteiger partial charge in [0.15, 0.2) is 0 Å². The fourth-order valence-electron chi connectivity index (χ4n) is 6.48. The number of anilines is 2. The number of nitrogens with zero attached hydrogens (tertiary/aromatic N) is 2. The molecule has 0 saturated heterocycles. The molecule has 0 saturated carbocycles. The number of rotatable bonds is 8. The normalized spacial score (nSPS) is 19.9. The Morgan fingerprint density at radius 3 is 0.955 bits per heavy atom. The largest absolute Gasteiger partial charge is 0.389 e. The number of benzene rings is 3. The van der Waals surface area contributed by atoms with Crippen LogP contribution in [0, 0.1) is 0 Å². The summed E-state index contributed by atoms with van der Waals surface area (Å²) in [7, 11) is -7.01. The standard InChI is InChI=1S/C36H52N2O2Si4/c1-41(2,3)33-31(37(29-19-15-13-16-20-29)39-35(33)43(7,8)9)27-23-25-28(26-24-27)32-34(42(4,5)6)36(44(10,11)12)40-38(32)30-21-17-14-18-22-30/h13-26,31-32H,1-12H3/t31-,32-/m1/s1. The molecule has 3 aromatic carbocycles. The van der Waals surface area contributed by atoms with Crippen molar-refractivity contribution in [3.8, 4) is 0 Å². The van der Waals surface area contributed by atoms with Crippen LogP contribution >= 0.6 is 0 Å².